The molecule has 0 radical (unpaired) electrons. The van der Waals surface area contributed by atoms with Gasteiger partial charge in [0.15, 0.2) is 0 Å². The van der Waals surface area contributed by atoms with E-state index in [0.29, 0.717) is 30.2 Å². The van der Waals surface area contributed by atoms with Gasteiger partial charge in [0.1, 0.15) is 11.6 Å². The first kappa shape index (κ1) is 24.8. The highest BCUT2D eigenvalue weighted by Gasteiger charge is 2.68. The number of carbonyl (C=O) groups is 2. The van der Waals surface area contributed by atoms with Crippen LogP contribution in [0.1, 0.15) is 87.5 Å². The van der Waals surface area contributed by atoms with Gasteiger partial charge in [0.2, 0.25) is 5.91 Å². The van der Waals surface area contributed by atoms with Gasteiger partial charge >= 0.3 is 13.2 Å². The van der Waals surface area contributed by atoms with E-state index in [1.807, 2.05) is 25.7 Å². The highest BCUT2D eigenvalue weighted by Crippen LogP contribution is 2.64. The lowest BCUT2D eigenvalue weighted by Gasteiger charge is -2.63. The Morgan fingerprint density at radius 1 is 1.24 bits per heavy atom. The summed E-state index contributed by atoms with van der Waals surface area (Å²) in [5.74, 6) is 1.27. The third kappa shape index (κ3) is 4.66. The SMILES string of the molecule is CC(C)C[C@H](NC(=O)OC(C)(C)C)C(=O)N1CCC[C@H]1B1O[C@@H]2[C@@H]3C[C@H](C[C@]2(C)O1)C3(C)C. The largest absolute Gasteiger partial charge is 0.481 e. The van der Waals surface area contributed by atoms with E-state index < -0.39 is 24.9 Å². The van der Waals surface area contributed by atoms with Crippen molar-refractivity contribution >= 4 is 19.1 Å². The summed E-state index contributed by atoms with van der Waals surface area (Å²) < 4.78 is 18.6. The minimum atomic E-state index is -0.619. The van der Waals surface area contributed by atoms with Crippen LogP contribution in [0.3, 0.4) is 0 Å². The molecule has 186 valence electrons. The summed E-state index contributed by atoms with van der Waals surface area (Å²) >= 11 is 0. The lowest BCUT2D eigenvalue weighted by molar-refractivity contribution is -0.185. The standard InChI is InChI=1S/C25H43BN2O5/c1-15(2)12-18(27-22(30)31-23(3,4)5)21(29)28-11-9-10-19(28)26-32-20-17-13-16(24(17,6)7)14-25(20,8)33-26/h15-20H,9-14H2,1-8H3,(H,27,30)/t16-,17+,18+,19+,20-,25+/m1/s1. The summed E-state index contributed by atoms with van der Waals surface area (Å²) in [6.45, 7) is 17.1. The van der Waals surface area contributed by atoms with Gasteiger partial charge < -0.3 is 24.3 Å². The van der Waals surface area contributed by atoms with Gasteiger partial charge in [-0.3, -0.25) is 4.79 Å². The summed E-state index contributed by atoms with van der Waals surface area (Å²) in [6.07, 6.45) is 4.11. The highest BCUT2D eigenvalue weighted by molar-refractivity contribution is 6.48. The van der Waals surface area contributed by atoms with E-state index in [2.05, 4.69) is 39.9 Å². The molecule has 5 rings (SSSR count). The fourth-order valence-corrected chi connectivity index (χ4v) is 6.60. The number of amides is 2. The van der Waals surface area contributed by atoms with Gasteiger partial charge in [0.05, 0.1) is 17.6 Å². The predicted octanol–water partition coefficient (Wildman–Crippen LogP) is 4.18. The molecule has 2 amide bonds. The molecule has 1 N–H and O–H groups in total. The van der Waals surface area contributed by atoms with Crippen molar-refractivity contribution in [3.8, 4) is 0 Å². The fourth-order valence-electron chi connectivity index (χ4n) is 6.60. The molecule has 7 nitrogen and oxygen atoms in total. The number of hydrogen-bond donors (Lipinski definition) is 1. The van der Waals surface area contributed by atoms with Gasteiger partial charge in [0, 0.05) is 6.54 Å². The van der Waals surface area contributed by atoms with Crippen LogP contribution in [0, 0.1) is 23.2 Å². The van der Waals surface area contributed by atoms with Crippen molar-refractivity contribution in [2.24, 2.45) is 23.2 Å². The van der Waals surface area contributed by atoms with Crippen LogP contribution in [-0.4, -0.2) is 59.9 Å². The summed E-state index contributed by atoms with van der Waals surface area (Å²) in [7, 11) is -0.400. The molecule has 3 aliphatic carbocycles. The summed E-state index contributed by atoms with van der Waals surface area (Å²) in [6, 6.07) is -0.619. The number of rotatable bonds is 5. The number of hydrogen-bond acceptors (Lipinski definition) is 5. The second-order valence-electron chi connectivity index (χ2n) is 13.0. The highest BCUT2D eigenvalue weighted by atomic mass is 16.7. The number of nitrogens with zero attached hydrogens (tertiary/aromatic N) is 1. The Balaban J connectivity index is 1.46. The van der Waals surface area contributed by atoms with E-state index in [1.165, 1.54) is 6.42 Å². The lowest BCUT2D eigenvalue weighted by Crippen LogP contribution is -2.63. The minimum Gasteiger partial charge on any atom is -0.444 e. The van der Waals surface area contributed by atoms with E-state index in [1.54, 1.807) is 0 Å². The Morgan fingerprint density at radius 2 is 1.94 bits per heavy atom. The first-order valence-electron chi connectivity index (χ1n) is 12.8. The van der Waals surface area contributed by atoms with Crippen molar-refractivity contribution < 1.29 is 23.6 Å². The minimum absolute atomic E-state index is 0.0612. The zero-order chi connectivity index (χ0) is 24.3. The molecule has 6 atom stereocenters. The van der Waals surface area contributed by atoms with Crippen molar-refractivity contribution in [1.82, 2.24) is 10.2 Å². The lowest BCUT2D eigenvalue weighted by atomic mass is 9.45. The molecular weight excluding hydrogens is 419 g/mol. The van der Waals surface area contributed by atoms with Crippen LogP contribution in [0.5, 0.6) is 0 Å². The Labute approximate surface area is 199 Å². The normalized spacial score (nSPS) is 35.8. The Bertz CT molecular complexity index is 781. The monoisotopic (exact) mass is 462 g/mol. The van der Waals surface area contributed by atoms with E-state index in [4.69, 9.17) is 14.0 Å². The maximum Gasteiger partial charge on any atom is 0.481 e. The van der Waals surface area contributed by atoms with Crippen LogP contribution in [0.15, 0.2) is 0 Å². The average Bonchev–Trinajstić information content (AvgIpc) is 3.28. The van der Waals surface area contributed by atoms with E-state index in [9.17, 15) is 9.59 Å². The smallest absolute Gasteiger partial charge is 0.444 e. The summed E-state index contributed by atoms with van der Waals surface area (Å²) in [4.78, 5) is 28.0. The van der Waals surface area contributed by atoms with Gasteiger partial charge in [-0.1, -0.05) is 27.7 Å². The van der Waals surface area contributed by atoms with Gasteiger partial charge in [-0.05, 0) is 83.0 Å². The molecule has 5 fully saturated rings. The van der Waals surface area contributed by atoms with Crippen LogP contribution in [0.2, 0.25) is 0 Å². The summed E-state index contributed by atoms with van der Waals surface area (Å²) in [5.41, 5.74) is -0.581. The molecule has 8 heteroatoms. The van der Waals surface area contributed by atoms with Crippen LogP contribution < -0.4 is 5.32 Å². The van der Waals surface area contributed by atoms with E-state index >= 15 is 0 Å². The molecule has 2 aliphatic heterocycles. The summed E-state index contributed by atoms with van der Waals surface area (Å²) in [5, 5.41) is 2.84. The van der Waals surface area contributed by atoms with Gasteiger partial charge in [-0.25, -0.2) is 4.79 Å². The van der Waals surface area contributed by atoms with Crippen LogP contribution >= 0.6 is 0 Å². The molecule has 2 heterocycles. The Morgan fingerprint density at radius 3 is 2.55 bits per heavy atom. The van der Waals surface area contributed by atoms with Gasteiger partial charge in [-0.15, -0.1) is 0 Å². The second-order valence-corrected chi connectivity index (χ2v) is 13.0. The maximum atomic E-state index is 13.7. The van der Waals surface area contributed by atoms with Crippen molar-refractivity contribution in [2.45, 2.75) is 117 Å². The molecule has 0 unspecified atom stereocenters. The molecule has 0 aromatic heterocycles. The fraction of sp³-hybridized carbons (Fsp3) is 0.920. The van der Waals surface area contributed by atoms with E-state index in [0.717, 1.165) is 19.3 Å². The molecule has 2 saturated heterocycles. The van der Waals surface area contributed by atoms with E-state index in [-0.39, 0.29) is 29.5 Å². The number of nitrogens with one attached hydrogen (secondary N) is 1. The Kier molecular flexibility index (Phi) is 6.35. The second kappa shape index (κ2) is 8.44. The molecule has 0 aromatic rings. The molecule has 33 heavy (non-hydrogen) atoms. The molecular formula is C25H43BN2O5. The van der Waals surface area contributed by atoms with Crippen LogP contribution in [0.4, 0.5) is 4.79 Å². The first-order valence-corrected chi connectivity index (χ1v) is 12.8. The van der Waals surface area contributed by atoms with Gasteiger partial charge in [0.25, 0.3) is 0 Å². The van der Waals surface area contributed by atoms with Crippen LogP contribution in [-0.2, 0) is 18.8 Å². The number of alkyl carbamates (subject to hydrolysis) is 1. The molecule has 2 bridgehead atoms. The van der Waals surface area contributed by atoms with Gasteiger partial charge in [-0.2, -0.15) is 0 Å². The predicted molar refractivity (Wildman–Crippen MR) is 127 cm³/mol. The number of carbonyl (C=O) groups excluding carboxylic acids is 2. The topological polar surface area (TPSA) is 77.1 Å². The van der Waals surface area contributed by atoms with Crippen molar-refractivity contribution in [2.75, 3.05) is 6.54 Å². The maximum absolute atomic E-state index is 13.7. The molecule has 0 spiro atoms. The third-order valence-corrected chi connectivity index (χ3v) is 8.42. The zero-order valence-electron chi connectivity index (χ0n) is 21.8. The molecule has 3 saturated carbocycles. The first-order chi connectivity index (χ1) is 15.2. The number of ether oxygens (including phenoxy) is 1. The van der Waals surface area contributed by atoms with Crippen molar-refractivity contribution in [1.29, 1.82) is 0 Å². The molecule has 5 aliphatic rings. The third-order valence-electron chi connectivity index (χ3n) is 8.42. The number of likely N-dealkylation sites (tertiary alicyclic amines) is 1. The van der Waals surface area contributed by atoms with Crippen molar-refractivity contribution in [3.63, 3.8) is 0 Å². The quantitative estimate of drug-likeness (QED) is 0.621. The van der Waals surface area contributed by atoms with Crippen LogP contribution in [0.25, 0.3) is 0 Å². The Hall–Kier alpha value is -1.28. The zero-order valence-corrected chi connectivity index (χ0v) is 21.8. The molecule has 0 aromatic carbocycles. The average molecular weight is 462 g/mol. The van der Waals surface area contributed by atoms with Crippen molar-refractivity contribution in [3.05, 3.63) is 0 Å².